The number of piperidine rings is 2. The minimum Gasteiger partial charge on any atom is -0.378 e. The van der Waals surface area contributed by atoms with Crippen LogP contribution in [0.3, 0.4) is 0 Å². The molecule has 110 heavy (non-hydrogen) atoms. The second-order valence-corrected chi connectivity index (χ2v) is 28.4. The highest BCUT2D eigenvalue weighted by Crippen LogP contribution is 2.37. The van der Waals surface area contributed by atoms with E-state index < -0.39 is 12.1 Å². The Hall–Kier alpha value is -11.3. The molecule has 0 radical (unpaired) electrons. The number of nitrogens with two attached hydrogens (primary N) is 3. The molecule has 3 unspecified atom stereocenters. The summed E-state index contributed by atoms with van der Waals surface area (Å²) < 4.78 is 24.2. The van der Waals surface area contributed by atoms with Crippen LogP contribution in [0.1, 0.15) is 55.2 Å². The number of benzene rings is 4. The van der Waals surface area contributed by atoms with Crippen LogP contribution in [0.15, 0.2) is 171 Å². The van der Waals surface area contributed by atoms with Gasteiger partial charge < -0.3 is 61.2 Å². The molecule has 7 N–H and O–H groups in total. The van der Waals surface area contributed by atoms with Gasteiger partial charge in [0.15, 0.2) is 23.3 Å². The van der Waals surface area contributed by atoms with Crippen molar-refractivity contribution in [3.05, 3.63) is 193 Å². The number of nitrogens with one attached hydrogen (secondary N) is 1. The number of ketones is 1. The first kappa shape index (κ1) is 75.5. The lowest BCUT2D eigenvalue weighted by atomic mass is 9.91. The molecule has 570 valence electrons. The third-order valence-electron chi connectivity index (χ3n) is 20.7. The molecule has 28 nitrogen and oxygen atoms in total. The molecule has 8 aromatic heterocycles. The smallest absolute Gasteiger partial charge is 0.247 e. The summed E-state index contributed by atoms with van der Waals surface area (Å²) in [7, 11) is 0. The van der Waals surface area contributed by atoms with Crippen LogP contribution in [0.2, 0.25) is 5.02 Å². The number of Topliss-reactive ketones (excluding diaryl/α,β-unsaturated/α-hetero) is 1. The molecule has 3 atom stereocenters. The molecule has 0 spiro atoms. The number of pyridine rings is 4. The quantitative estimate of drug-likeness (QED) is 0.0703. The Morgan fingerprint density at radius 1 is 0.455 bits per heavy atom. The summed E-state index contributed by atoms with van der Waals surface area (Å²) in [5.41, 5.74) is 27.8. The largest absolute Gasteiger partial charge is 0.378 e. The molecule has 5 aliphatic rings. The summed E-state index contributed by atoms with van der Waals surface area (Å²) in [5.74, 6) is 3.40. The highest BCUT2D eigenvalue weighted by Gasteiger charge is 2.38. The standard InChI is InChI=1S/C22H25N5O3.C20H22ClN5O.C20H24N6O2.C19H21N5O/c1-16-2-4-17(5-3-16)27-19-14-23-7-6-18(19)21(24-27)26-10-13-30-15-20(26)22(28)25-8-11-29-12-9-25;21-15-1-3-16(4-2-15)26-18-13-23-10-6-17(18)20(24-26)25-11-7-14(8-12-25)19(27)5-9-22;1-14-2-4-15(5-3-14)26-17-12-22-8-6-16(17)19(24-26)25-10-11-28-13-18(25)20(27)23-9-7-21;1-13-5-7-14(8-6-13)24-17-12-21-10-9-15(17)19(22-24)23-11-3-2-4-16(23)18(20)25/h2-7,14,20H,8-13,15H2,1H3;1-4,6,10,13-14H,5,7-9,11-12,22H2;2-6,8,12,18H,7,9-11,13,21H2,1H3,(H,23,27);5-10,12,16H,2-4,11H2,1H3,(H2,20,25). The van der Waals surface area contributed by atoms with Crippen molar-refractivity contribution in [1.29, 1.82) is 0 Å². The van der Waals surface area contributed by atoms with Crippen molar-refractivity contribution in [2.24, 2.45) is 23.1 Å². The average Bonchev–Trinajstić information content (AvgIpc) is 1.68. The van der Waals surface area contributed by atoms with Crippen molar-refractivity contribution in [3.63, 3.8) is 0 Å². The summed E-state index contributed by atoms with van der Waals surface area (Å²) in [6.45, 7) is 15.2. The number of amides is 3. The molecule has 29 heteroatoms. The molecule has 5 saturated heterocycles. The zero-order valence-corrected chi connectivity index (χ0v) is 62.9. The van der Waals surface area contributed by atoms with Crippen LogP contribution in [0.25, 0.3) is 66.4 Å². The number of fused-ring (bicyclic) bond motifs is 4. The fourth-order valence-corrected chi connectivity index (χ4v) is 14.9. The minimum atomic E-state index is -0.446. The van der Waals surface area contributed by atoms with Crippen molar-refractivity contribution in [3.8, 4) is 22.7 Å². The molecule has 5 fully saturated rings. The first-order valence-electron chi connectivity index (χ1n) is 37.6. The van der Waals surface area contributed by atoms with Crippen LogP contribution in [-0.4, -0.2) is 211 Å². The van der Waals surface area contributed by atoms with Gasteiger partial charge in [0.25, 0.3) is 0 Å². The Morgan fingerprint density at radius 2 is 0.855 bits per heavy atom. The van der Waals surface area contributed by atoms with E-state index in [2.05, 4.69) is 97.1 Å². The average molecular weight is 1510 g/mol. The lowest BCUT2D eigenvalue weighted by Crippen LogP contribution is -2.57. The lowest BCUT2D eigenvalue weighted by Gasteiger charge is -2.38. The first-order valence-corrected chi connectivity index (χ1v) is 38.0. The Labute approximate surface area is 642 Å². The Bertz CT molecular complexity index is 5150. The van der Waals surface area contributed by atoms with E-state index >= 15 is 0 Å². The molecule has 5 aliphatic heterocycles. The number of anilines is 4. The number of carbonyl (C=O) groups excluding carboxylic acids is 4. The van der Waals surface area contributed by atoms with Crippen molar-refractivity contribution >= 4 is 102 Å². The molecule has 13 heterocycles. The molecule has 4 aromatic carbocycles. The topological polar surface area (TPSA) is 325 Å². The Balaban J connectivity index is 0.000000123. The van der Waals surface area contributed by atoms with Crippen LogP contribution >= 0.6 is 11.6 Å². The second kappa shape index (κ2) is 35.0. The minimum absolute atomic E-state index is 0.0742. The zero-order chi connectivity index (χ0) is 76.2. The van der Waals surface area contributed by atoms with Crippen LogP contribution < -0.4 is 42.1 Å². The summed E-state index contributed by atoms with van der Waals surface area (Å²) >= 11 is 6.02. The van der Waals surface area contributed by atoms with Gasteiger partial charge in [-0.1, -0.05) is 64.7 Å². The van der Waals surface area contributed by atoms with E-state index in [-0.39, 0.29) is 35.5 Å². The number of nitrogens with zero attached hydrogens (tertiary/aromatic N) is 17. The molecule has 17 rings (SSSR count). The van der Waals surface area contributed by atoms with E-state index in [0.29, 0.717) is 96.9 Å². The number of aromatic nitrogens is 12. The zero-order valence-electron chi connectivity index (χ0n) is 62.1. The van der Waals surface area contributed by atoms with Gasteiger partial charge in [-0.05, 0) is 144 Å². The number of carbonyl (C=O) groups is 4. The summed E-state index contributed by atoms with van der Waals surface area (Å²) in [4.78, 5) is 77.4. The number of morpholine rings is 3. The predicted octanol–water partition coefficient (Wildman–Crippen LogP) is 8.58. The van der Waals surface area contributed by atoms with E-state index in [1.807, 2.05) is 132 Å². The number of hydrogen-bond donors (Lipinski definition) is 4. The molecular weight excluding hydrogens is 1410 g/mol. The van der Waals surface area contributed by atoms with Crippen molar-refractivity contribution in [1.82, 2.24) is 69.3 Å². The fourth-order valence-electron chi connectivity index (χ4n) is 14.8. The summed E-state index contributed by atoms with van der Waals surface area (Å²) in [6.07, 6.45) is 19.3. The highest BCUT2D eigenvalue weighted by molar-refractivity contribution is 6.30. The summed E-state index contributed by atoms with van der Waals surface area (Å²) in [5, 5.41) is 27.1. The van der Waals surface area contributed by atoms with Gasteiger partial charge >= 0.3 is 0 Å². The fraction of sp³-hybridized carbons (Fsp3) is 0.358. The van der Waals surface area contributed by atoms with E-state index in [1.54, 1.807) is 31.0 Å². The number of ether oxygens (including phenoxy) is 3. The number of halogens is 1. The van der Waals surface area contributed by atoms with E-state index in [1.165, 1.54) is 16.7 Å². The van der Waals surface area contributed by atoms with Gasteiger partial charge in [0.05, 0.1) is 109 Å². The van der Waals surface area contributed by atoms with Gasteiger partial charge in [0, 0.05) is 123 Å². The Kier molecular flexibility index (Phi) is 24.0. The van der Waals surface area contributed by atoms with E-state index in [9.17, 15) is 19.2 Å². The van der Waals surface area contributed by atoms with E-state index in [4.69, 9.17) is 63.4 Å². The molecule has 0 aliphatic carbocycles. The maximum absolute atomic E-state index is 13.3. The maximum atomic E-state index is 13.3. The van der Waals surface area contributed by atoms with Crippen molar-refractivity contribution < 1.29 is 33.4 Å². The number of primary amides is 1. The SMILES string of the molecule is Cc1ccc(-n2nc(N3CCCCC3C(N)=O)c3ccncc32)cc1.Cc1ccc(-n2nc(N3CCOCC3C(=O)N3CCOCC3)c3ccncc32)cc1.Cc1ccc(-n2nc(N3CCOCC3C(=O)NCCN)c3ccncc32)cc1.NCCC(=O)C1CCN(c2nn(-c3ccc(Cl)cc3)c3cnccc23)CC1. The van der Waals surface area contributed by atoms with Gasteiger partial charge in [-0.25, -0.2) is 18.7 Å². The van der Waals surface area contributed by atoms with Crippen LogP contribution in [0.5, 0.6) is 0 Å². The third-order valence-corrected chi connectivity index (χ3v) is 20.9. The van der Waals surface area contributed by atoms with Gasteiger partial charge in [-0.2, -0.15) is 0 Å². The van der Waals surface area contributed by atoms with Gasteiger partial charge in [-0.15, -0.1) is 20.4 Å². The van der Waals surface area contributed by atoms with Gasteiger partial charge in [0.1, 0.15) is 23.9 Å². The molecule has 12 aromatic rings. The van der Waals surface area contributed by atoms with Crippen LogP contribution in [0.4, 0.5) is 23.3 Å². The molecule has 0 saturated carbocycles. The van der Waals surface area contributed by atoms with Gasteiger partial charge in [0.2, 0.25) is 17.7 Å². The predicted molar refractivity (Wildman–Crippen MR) is 426 cm³/mol. The van der Waals surface area contributed by atoms with Crippen LogP contribution in [0, 0.1) is 26.7 Å². The maximum Gasteiger partial charge on any atom is 0.247 e. The molecular formula is C81H92ClN21O7. The van der Waals surface area contributed by atoms with Crippen molar-refractivity contribution in [2.75, 3.05) is 125 Å². The number of hydrogen-bond acceptors (Lipinski definition) is 21. The van der Waals surface area contributed by atoms with Crippen molar-refractivity contribution in [2.45, 2.75) is 77.4 Å². The number of aryl methyl sites for hydroxylation is 3. The lowest BCUT2D eigenvalue weighted by molar-refractivity contribution is -0.139. The Morgan fingerprint density at radius 3 is 1.29 bits per heavy atom. The highest BCUT2D eigenvalue weighted by atomic mass is 35.5. The second-order valence-electron chi connectivity index (χ2n) is 28.0. The van der Waals surface area contributed by atoms with E-state index in [0.717, 1.165) is 141 Å². The van der Waals surface area contributed by atoms with Crippen LogP contribution in [-0.2, 0) is 33.4 Å². The van der Waals surface area contributed by atoms with Gasteiger partial charge in [-0.3, -0.25) is 39.1 Å². The number of rotatable bonds is 16. The normalized spacial score (nSPS) is 17.6. The third kappa shape index (κ3) is 16.7. The summed E-state index contributed by atoms with van der Waals surface area (Å²) in [6, 6.07) is 38.9. The molecule has 3 amide bonds. The monoisotopic (exact) mass is 1510 g/mol. The first-order chi connectivity index (χ1) is 53.7. The molecule has 0 bridgehead atoms.